The second-order valence-electron chi connectivity index (χ2n) is 7.94. The molecule has 3 aromatic rings. The lowest BCUT2D eigenvalue weighted by Crippen LogP contribution is -2.40. The molecular formula is C21H27N5O3S. The third kappa shape index (κ3) is 5.08. The first-order chi connectivity index (χ1) is 14.6. The van der Waals surface area contributed by atoms with Crippen LogP contribution in [0.15, 0.2) is 50.8 Å². The molecule has 1 saturated heterocycles. The van der Waals surface area contributed by atoms with E-state index in [2.05, 4.69) is 34.3 Å². The van der Waals surface area contributed by atoms with E-state index in [-0.39, 0.29) is 11.7 Å². The van der Waals surface area contributed by atoms with Crippen LogP contribution in [0, 0.1) is 11.8 Å². The summed E-state index contributed by atoms with van der Waals surface area (Å²) in [4.78, 5) is 14.6. The van der Waals surface area contributed by atoms with Gasteiger partial charge in [-0.1, -0.05) is 25.6 Å². The second kappa shape index (κ2) is 9.42. The van der Waals surface area contributed by atoms with Crippen LogP contribution in [0.1, 0.15) is 31.8 Å². The predicted molar refractivity (Wildman–Crippen MR) is 114 cm³/mol. The lowest BCUT2D eigenvalue weighted by atomic mass is 9.92. The van der Waals surface area contributed by atoms with E-state index < -0.39 is 0 Å². The van der Waals surface area contributed by atoms with Gasteiger partial charge in [-0.2, -0.15) is 0 Å². The first-order valence-corrected chi connectivity index (χ1v) is 11.2. The molecule has 1 aliphatic heterocycles. The number of hydrogen-bond donors (Lipinski definition) is 1. The number of thioether (sulfide) groups is 1. The number of anilines is 1. The summed E-state index contributed by atoms with van der Waals surface area (Å²) in [5.41, 5.74) is 0. The largest absolute Gasteiger partial charge is 0.467 e. The second-order valence-corrected chi connectivity index (χ2v) is 8.89. The molecule has 160 valence electrons. The minimum atomic E-state index is -0.0780. The number of nitrogens with one attached hydrogen (secondary N) is 1. The fourth-order valence-electron chi connectivity index (χ4n) is 3.92. The summed E-state index contributed by atoms with van der Waals surface area (Å²) in [6, 6.07) is 7.45. The molecule has 1 amide bonds. The molecule has 1 N–H and O–H groups in total. The van der Waals surface area contributed by atoms with E-state index in [0.29, 0.717) is 30.1 Å². The maximum atomic E-state index is 12.3. The van der Waals surface area contributed by atoms with Crippen molar-refractivity contribution < 1.29 is 13.6 Å². The molecule has 0 aromatic carbocycles. The Balaban J connectivity index is 1.46. The molecule has 4 rings (SSSR count). The van der Waals surface area contributed by atoms with Crippen LogP contribution in [-0.4, -0.2) is 39.5 Å². The van der Waals surface area contributed by atoms with Crippen molar-refractivity contribution in [3.05, 3.63) is 48.3 Å². The Morgan fingerprint density at radius 1 is 1.13 bits per heavy atom. The molecular weight excluding hydrogens is 402 g/mol. The lowest BCUT2D eigenvalue weighted by molar-refractivity contribution is -0.118. The van der Waals surface area contributed by atoms with Crippen molar-refractivity contribution in [2.24, 2.45) is 11.8 Å². The summed E-state index contributed by atoms with van der Waals surface area (Å²) in [5, 5.41) is 12.5. The van der Waals surface area contributed by atoms with Crippen LogP contribution in [0.25, 0.3) is 0 Å². The van der Waals surface area contributed by atoms with Gasteiger partial charge < -0.3 is 19.1 Å². The standard InChI is InChI=1S/C21H27N5O3S/c1-15-9-16(2)12-25(11-15)20-23-24-21(26(20)13-18-6-4-8-29-18)30-14-19(27)22-10-17-5-3-7-28-17/h3-8,15-16H,9-14H2,1-2H3,(H,22,27). The number of hydrogen-bond acceptors (Lipinski definition) is 7. The SMILES string of the molecule is CC1CC(C)CN(c2nnc(SCC(=O)NCc3ccco3)n2Cc2ccco2)C1. The molecule has 2 unspecified atom stereocenters. The molecule has 0 saturated carbocycles. The highest BCUT2D eigenvalue weighted by Crippen LogP contribution is 2.29. The van der Waals surface area contributed by atoms with Gasteiger partial charge in [-0.25, -0.2) is 0 Å². The molecule has 4 heterocycles. The van der Waals surface area contributed by atoms with Gasteiger partial charge in [0, 0.05) is 13.1 Å². The highest BCUT2D eigenvalue weighted by Gasteiger charge is 2.27. The molecule has 9 heteroatoms. The van der Waals surface area contributed by atoms with Crippen molar-refractivity contribution in [1.29, 1.82) is 0 Å². The smallest absolute Gasteiger partial charge is 0.230 e. The zero-order valence-corrected chi connectivity index (χ0v) is 18.1. The fraction of sp³-hybridized carbons (Fsp3) is 0.476. The van der Waals surface area contributed by atoms with Gasteiger partial charge in [-0.05, 0) is 42.5 Å². The van der Waals surface area contributed by atoms with Crippen molar-refractivity contribution in [2.75, 3.05) is 23.7 Å². The third-order valence-electron chi connectivity index (χ3n) is 5.12. The predicted octanol–water partition coefficient (Wildman–Crippen LogP) is 3.40. The van der Waals surface area contributed by atoms with Gasteiger partial charge >= 0.3 is 0 Å². The average Bonchev–Trinajstić information content (AvgIpc) is 3.47. The Hall–Kier alpha value is -2.68. The van der Waals surface area contributed by atoms with E-state index >= 15 is 0 Å². The molecule has 8 nitrogen and oxygen atoms in total. The van der Waals surface area contributed by atoms with Gasteiger partial charge in [-0.15, -0.1) is 10.2 Å². The monoisotopic (exact) mass is 429 g/mol. The van der Waals surface area contributed by atoms with E-state index in [4.69, 9.17) is 8.83 Å². The molecule has 30 heavy (non-hydrogen) atoms. The minimum absolute atomic E-state index is 0.0780. The lowest BCUT2D eigenvalue weighted by Gasteiger charge is -2.35. The topological polar surface area (TPSA) is 89.3 Å². The number of carbonyl (C=O) groups excluding carboxylic acids is 1. The van der Waals surface area contributed by atoms with Crippen molar-refractivity contribution in [3.63, 3.8) is 0 Å². The number of piperidine rings is 1. The number of rotatable bonds is 8. The third-order valence-corrected chi connectivity index (χ3v) is 6.08. The zero-order chi connectivity index (χ0) is 20.9. The fourth-order valence-corrected chi connectivity index (χ4v) is 4.69. The van der Waals surface area contributed by atoms with E-state index in [0.717, 1.165) is 30.6 Å². The summed E-state index contributed by atoms with van der Waals surface area (Å²) < 4.78 is 12.9. The van der Waals surface area contributed by atoms with E-state index in [1.165, 1.54) is 18.2 Å². The van der Waals surface area contributed by atoms with E-state index in [9.17, 15) is 4.79 Å². The van der Waals surface area contributed by atoms with Crippen molar-refractivity contribution >= 4 is 23.6 Å². The molecule has 1 fully saturated rings. The molecule has 0 aliphatic carbocycles. The van der Waals surface area contributed by atoms with Crippen LogP contribution in [0.3, 0.4) is 0 Å². The molecule has 0 spiro atoms. The molecule has 0 bridgehead atoms. The minimum Gasteiger partial charge on any atom is -0.467 e. The maximum absolute atomic E-state index is 12.3. The van der Waals surface area contributed by atoms with Crippen LogP contribution >= 0.6 is 11.8 Å². The average molecular weight is 430 g/mol. The summed E-state index contributed by atoms with van der Waals surface area (Å²) in [6.07, 6.45) is 4.48. The zero-order valence-electron chi connectivity index (χ0n) is 17.3. The molecule has 0 radical (unpaired) electrons. The molecule has 2 atom stereocenters. The van der Waals surface area contributed by atoms with Gasteiger partial charge in [0.05, 0.1) is 31.4 Å². The first-order valence-electron chi connectivity index (χ1n) is 10.2. The summed E-state index contributed by atoms with van der Waals surface area (Å²) in [6.45, 7) is 7.36. The van der Waals surface area contributed by atoms with Crippen molar-refractivity contribution in [2.45, 2.75) is 38.5 Å². The highest BCUT2D eigenvalue weighted by molar-refractivity contribution is 7.99. The Kier molecular flexibility index (Phi) is 6.47. The quantitative estimate of drug-likeness (QED) is 0.549. The van der Waals surface area contributed by atoms with Crippen LogP contribution in [0.5, 0.6) is 0 Å². The van der Waals surface area contributed by atoms with Crippen LogP contribution < -0.4 is 10.2 Å². The van der Waals surface area contributed by atoms with Crippen LogP contribution in [-0.2, 0) is 17.9 Å². The van der Waals surface area contributed by atoms with Crippen LogP contribution in [0.4, 0.5) is 5.95 Å². The number of nitrogens with zero attached hydrogens (tertiary/aromatic N) is 4. The number of amides is 1. The van der Waals surface area contributed by atoms with Gasteiger partial charge in [0.2, 0.25) is 11.9 Å². The summed E-state index contributed by atoms with van der Waals surface area (Å²) >= 11 is 1.38. The Labute approximate surface area is 180 Å². The maximum Gasteiger partial charge on any atom is 0.230 e. The van der Waals surface area contributed by atoms with Gasteiger partial charge in [-0.3, -0.25) is 9.36 Å². The molecule has 1 aliphatic rings. The number of furan rings is 2. The normalized spacial score (nSPS) is 19.2. The number of carbonyl (C=O) groups is 1. The van der Waals surface area contributed by atoms with E-state index in [1.807, 2.05) is 22.8 Å². The van der Waals surface area contributed by atoms with Gasteiger partial charge in [0.15, 0.2) is 5.16 Å². The highest BCUT2D eigenvalue weighted by atomic mass is 32.2. The Bertz CT molecular complexity index is 928. The van der Waals surface area contributed by atoms with Crippen molar-refractivity contribution in [3.8, 4) is 0 Å². The molecule has 3 aromatic heterocycles. The van der Waals surface area contributed by atoms with E-state index in [1.54, 1.807) is 18.6 Å². The first kappa shape index (κ1) is 20.6. The van der Waals surface area contributed by atoms with Crippen LogP contribution in [0.2, 0.25) is 0 Å². The Morgan fingerprint density at radius 2 is 1.83 bits per heavy atom. The van der Waals surface area contributed by atoms with Gasteiger partial charge in [0.1, 0.15) is 11.5 Å². The van der Waals surface area contributed by atoms with Crippen molar-refractivity contribution in [1.82, 2.24) is 20.1 Å². The summed E-state index contributed by atoms with van der Waals surface area (Å²) in [5.74, 6) is 3.78. The van der Waals surface area contributed by atoms with Gasteiger partial charge in [0.25, 0.3) is 0 Å². The Morgan fingerprint density at radius 3 is 2.50 bits per heavy atom. The summed E-state index contributed by atoms with van der Waals surface area (Å²) in [7, 11) is 0. The number of aromatic nitrogens is 3.